The van der Waals surface area contributed by atoms with Gasteiger partial charge in [-0.2, -0.15) is 0 Å². The molecule has 0 radical (unpaired) electrons. The summed E-state index contributed by atoms with van der Waals surface area (Å²) in [5.74, 6) is 1.06. The van der Waals surface area contributed by atoms with Gasteiger partial charge in [0.05, 0.1) is 23.9 Å². The van der Waals surface area contributed by atoms with Gasteiger partial charge in [0.1, 0.15) is 0 Å². The molecule has 1 unspecified atom stereocenters. The first-order valence-electron chi connectivity index (χ1n) is 9.02. The Morgan fingerprint density at radius 1 is 1.40 bits per heavy atom. The minimum absolute atomic E-state index is 0. The molecule has 8 heteroatoms. The van der Waals surface area contributed by atoms with Gasteiger partial charge in [-0.05, 0) is 20.3 Å². The molecule has 2 fully saturated rings. The number of ether oxygens (including phenoxy) is 1. The molecule has 0 spiro atoms. The molecular weight excluding hydrogens is 449 g/mol. The van der Waals surface area contributed by atoms with Gasteiger partial charge in [-0.15, -0.1) is 35.3 Å². The first-order valence-corrected chi connectivity index (χ1v) is 9.90. The summed E-state index contributed by atoms with van der Waals surface area (Å²) in [5, 5.41) is 6.73. The van der Waals surface area contributed by atoms with Crippen LogP contribution in [-0.2, 0) is 11.2 Å². The predicted molar refractivity (Wildman–Crippen MR) is 114 cm³/mol. The van der Waals surface area contributed by atoms with E-state index < -0.39 is 0 Å². The number of guanidine groups is 1. The highest BCUT2D eigenvalue weighted by atomic mass is 127. The Morgan fingerprint density at radius 2 is 2.20 bits per heavy atom. The van der Waals surface area contributed by atoms with Crippen LogP contribution in [0.15, 0.2) is 10.4 Å². The minimum Gasteiger partial charge on any atom is -0.379 e. The first kappa shape index (κ1) is 20.9. The van der Waals surface area contributed by atoms with E-state index in [1.165, 1.54) is 6.42 Å². The molecule has 25 heavy (non-hydrogen) atoms. The van der Waals surface area contributed by atoms with Crippen molar-refractivity contribution in [2.75, 3.05) is 52.5 Å². The van der Waals surface area contributed by atoms with E-state index in [0.717, 1.165) is 75.6 Å². The van der Waals surface area contributed by atoms with Crippen LogP contribution < -0.4 is 5.32 Å². The van der Waals surface area contributed by atoms with Crippen LogP contribution in [0.1, 0.15) is 24.0 Å². The van der Waals surface area contributed by atoms with Crippen LogP contribution in [-0.4, -0.2) is 79.3 Å². The van der Waals surface area contributed by atoms with Gasteiger partial charge in [0.15, 0.2) is 5.96 Å². The molecule has 1 aromatic rings. The van der Waals surface area contributed by atoms with Crippen LogP contribution in [0, 0.1) is 6.92 Å². The van der Waals surface area contributed by atoms with Crippen molar-refractivity contribution in [3.63, 3.8) is 0 Å². The lowest BCUT2D eigenvalue weighted by molar-refractivity contribution is 0.0195. The van der Waals surface area contributed by atoms with Crippen LogP contribution in [0.4, 0.5) is 0 Å². The number of halogens is 1. The van der Waals surface area contributed by atoms with E-state index in [4.69, 9.17) is 9.73 Å². The lowest BCUT2D eigenvalue weighted by atomic mass is 10.2. The first-order chi connectivity index (χ1) is 11.8. The molecule has 3 rings (SSSR count). The van der Waals surface area contributed by atoms with Crippen LogP contribution >= 0.6 is 35.3 Å². The van der Waals surface area contributed by atoms with Gasteiger partial charge in [-0.1, -0.05) is 0 Å². The summed E-state index contributed by atoms with van der Waals surface area (Å²) < 4.78 is 5.47. The molecule has 0 bridgehead atoms. The summed E-state index contributed by atoms with van der Waals surface area (Å²) in [6, 6.07) is 0.638. The number of hydrogen-bond donors (Lipinski definition) is 1. The smallest absolute Gasteiger partial charge is 0.193 e. The number of thiazole rings is 1. The molecule has 0 amide bonds. The lowest BCUT2D eigenvalue weighted by Gasteiger charge is -2.32. The molecule has 142 valence electrons. The maximum atomic E-state index is 5.47. The van der Waals surface area contributed by atoms with E-state index in [1.807, 2.05) is 0 Å². The van der Waals surface area contributed by atoms with Crippen LogP contribution in [0.3, 0.4) is 0 Å². The monoisotopic (exact) mass is 479 g/mol. The molecule has 1 aromatic heterocycles. The number of morpholine rings is 1. The molecule has 0 aliphatic carbocycles. The predicted octanol–water partition coefficient (Wildman–Crippen LogP) is 1.98. The van der Waals surface area contributed by atoms with Gasteiger partial charge in [0.2, 0.25) is 0 Å². The number of rotatable bonds is 5. The van der Waals surface area contributed by atoms with Gasteiger partial charge < -0.3 is 15.0 Å². The van der Waals surface area contributed by atoms with Crippen molar-refractivity contribution in [1.29, 1.82) is 0 Å². The van der Waals surface area contributed by atoms with Crippen LogP contribution in [0.25, 0.3) is 0 Å². The number of nitrogens with one attached hydrogen (secondary N) is 1. The van der Waals surface area contributed by atoms with E-state index in [-0.39, 0.29) is 24.0 Å². The zero-order valence-corrected chi connectivity index (χ0v) is 18.4. The van der Waals surface area contributed by atoms with Crippen LogP contribution in [0.2, 0.25) is 0 Å². The molecule has 0 saturated carbocycles. The van der Waals surface area contributed by atoms with Crippen molar-refractivity contribution in [2.24, 2.45) is 4.99 Å². The molecule has 2 aliphatic heterocycles. The molecule has 2 aliphatic rings. The topological polar surface area (TPSA) is 53.0 Å². The zero-order valence-electron chi connectivity index (χ0n) is 15.2. The summed E-state index contributed by atoms with van der Waals surface area (Å²) in [6.07, 6.45) is 2.13. The zero-order chi connectivity index (χ0) is 16.8. The highest BCUT2D eigenvalue weighted by Gasteiger charge is 2.30. The third-order valence-electron chi connectivity index (χ3n) is 4.66. The van der Waals surface area contributed by atoms with Gasteiger partial charge in [-0.25, -0.2) is 4.98 Å². The Labute approximate surface area is 172 Å². The minimum atomic E-state index is 0. The van der Waals surface area contributed by atoms with Crippen molar-refractivity contribution < 1.29 is 4.74 Å². The summed E-state index contributed by atoms with van der Waals surface area (Å²) >= 11 is 1.71. The SMILES string of the molecule is CCNC(=NCCc1csc(C)n1)N1CCC(N2CCOCC2)C1.I. The summed E-state index contributed by atoms with van der Waals surface area (Å²) in [6.45, 7) is 11.9. The molecule has 1 atom stereocenters. The summed E-state index contributed by atoms with van der Waals surface area (Å²) in [4.78, 5) is 14.3. The summed E-state index contributed by atoms with van der Waals surface area (Å²) in [7, 11) is 0. The number of aromatic nitrogens is 1. The largest absolute Gasteiger partial charge is 0.379 e. The fourth-order valence-electron chi connectivity index (χ4n) is 3.40. The normalized spacial score (nSPS) is 22.1. The second kappa shape index (κ2) is 10.6. The Morgan fingerprint density at radius 3 is 2.88 bits per heavy atom. The number of nitrogens with zero attached hydrogens (tertiary/aromatic N) is 4. The van der Waals surface area contributed by atoms with Crippen molar-refractivity contribution >= 4 is 41.3 Å². The van der Waals surface area contributed by atoms with E-state index in [0.29, 0.717) is 6.04 Å². The Kier molecular flexibility index (Phi) is 8.88. The fourth-order valence-corrected chi connectivity index (χ4v) is 4.05. The van der Waals surface area contributed by atoms with Gasteiger partial charge in [0.25, 0.3) is 0 Å². The number of likely N-dealkylation sites (tertiary alicyclic amines) is 1. The second-order valence-corrected chi connectivity index (χ2v) is 7.44. The number of aliphatic imine (C=N–C) groups is 1. The lowest BCUT2D eigenvalue weighted by Crippen LogP contribution is -2.46. The average molecular weight is 479 g/mol. The van der Waals surface area contributed by atoms with Crippen molar-refractivity contribution in [1.82, 2.24) is 20.1 Å². The van der Waals surface area contributed by atoms with E-state index in [9.17, 15) is 0 Å². The van der Waals surface area contributed by atoms with Gasteiger partial charge in [-0.3, -0.25) is 9.89 Å². The molecule has 6 nitrogen and oxygen atoms in total. The highest BCUT2D eigenvalue weighted by molar-refractivity contribution is 14.0. The molecule has 0 aromatic carbocycles. The van der Waals surface area contributed by atoms with Crippen molar-refractivity contribution in [3.05, 3.63) is 16.1 Å². The maximum absolute atomic E-state index is 5.47. The van der Waals surface area contributed by atoms with Crippen molar-refractivity contribution in [3.8, 4) is 0 Å². The molecule has 3 heterocycles. The Hall–Kier alpha value is -0.450. The highest BCUT2D eigenvalue weighted by Crippen LogP contribution is 2.17. The van der Waals surface area contributed by atoms with Gasteiger partial charge in [0, 0.05) is 57.1 Å². The second-order valence-electron chi connectivity index (χ2n) is 6.38. The molecular formula is C17H30IN5OS. The number of aryl methyl sites for hydroxylation is 1. The van der Waals surface area contributed by atoms with Gasteiger partial charge >= 0.3 is 0 Å². The molecule has 1 N–H and O–H groups in total. The number of hydrogen-bond acceptors (Lipinski definition) is 5. The standard InChI is InChI=1S/C17H29N5OS.HI/c1-3-18-17(19-6-4-15-13-24-14(2)20-15)22-7-5-16(12-22)21-8-10-23-11-9-21;/h13,16H,3-12H2,1-2H3,(H,18,19);1H. The fraction of sp³-hybridized carbons (Fsp3) is 0.765. The Balaban J connectivity index is 0.00000225. The van der Waals surface area contributed by atoms with E-state index >= 15 is 0 Å². The summed E-state index contributed by atoms with van der Waals surface area (Å²) in [5.41, 5.74) is 1.16. The maximum Gasteiger partial charge on any atom is 0.193 e. The van der Waals surface area contributed by atoms with Crippen LogP contribution in [0.5, 0.6) is 0 Å². The van der Waals surface area contributed by atoms with Crippen molar-refractivity contribution in [2.45, 2.75) is 32.7 Å². The quantitative estimate of drug-likeness (QED) is 0.398. The Bertz CT molecular complexity index is 547. The van der Waals surface area contributed by atoms with E-state index in [2.05, 4.69) is 39.3 Å². The molecule has 2 saturated heterocycles. The third kappa shape index (κ3) is 6.04. The third-order valence-corrected chi connectivity index (χ3v) is 5.48. The van der Waals surface area contributed by atoms with E-state index in [1.54, 1.807) is 11.3 Å². The average Bonchev–Trinajstić information content (AvgIpc) is 3.24.